The van der Waals surface area contributed by atoms with Crippen LogP contribution in [0.15, 0.2) is 24.8 Å². The van der Waals surface area contributed by atoms with Gasteiger partial charge in [0.2, 0.25) is 0 Å². The van der Waals surface area contributed by atoms with Crippen LogP contribution in [-0.2, 0) is 0 Å². The Morgan fingerprint density at radius 2 is 2.31 bits per heavy atom. The molecule has 1 fully saturated rings. The van der Waals surface area contributed by atoms with Gasteiger partial charge >= 0.3 is 0 Å². The summed E-state index contributed by atoms with van der Waals surface area (Å²) in [4.78, 5) is 0. The molecular weight excluding hydrogens is 156 g/mol. The van der Waals surface area contributed by atoms with Crippen molar-refractivity contribution in [1.29, 1.82) is 0 Å². The largest absolute Gasteiger partial charge is 0.103 e. The lowest BCUT2D eigenvalue weighted by atomic mass is 9.84. The molecule has 0 radical (unpaired) electrons. The Balaban J connectivity index is 1.83. The Kier molecular flexibility index (Phi) is 2.57. The molecule has 2 aliphatic carbocycles. The average molecular weight is 176 g/mol. The number of allylic oxidation sites excluding steroid dienone is 3. The van der Waals surface area contributed by atoms with Gasteiger partial charge in [0.25, 0.3) is 0 Å². The fourth-order valence-electron chi connectivity index (χ4n) is 3.06. The highest BCUT2D eigenvalue weighted by atomic mass is 14.4. The third kappa shape index (κ3) is 1.87. The van der Waals surface area contributed by atoms with Crippen molar-refractivity contribution in [2.75, 3.05) is 0 Å². The van der Waals surface area contributed by atoms with E-state index in [1.807, 2.05) is 0 Å². The summed E-state index contributed by atoms with van der Waals surface area (Å²) in [6.45, 7) is 6.17. The molecule has 0 aliphatic heterocycles. The Morgan fingerprint density at radius 1 is 1.46 bits per heavy atom. The third-order valence-corrected chi connectivity index (χ3v) is 3.69. The summed E-state index contributed by atoms with van der Waals surface area (Å²) in [5.41, 5.74) is 0. The van der Waals surface area contributed by atoms with Crippen LogP contribution in [0.4, 0.5) is 0 Å². The molecule has 1 saturated carbocycles. The van der Waals surface area contributed by atoms with E-state index in [1.165, 1.54) is 25.7 Å². The van der Waals surface area contributed by atoms with Crippen molar-refractivity contribution < 1.29 is 0 Å². The summed E-state index contributed by atoms with van der Waals surface area (Å²) < 4.78 is 0. The van der Waals surface area contributed by atoms with Crippen LogP contribution in [-0.4, -0.2) is 0 Å². The minimum atomic E-state index is 0.843. The normalized spacial score (nSPS) is 38.1. The zero-order chi connectivity index (χ0) is 9.26. The van der Waals surface area contributed by atoms with Crippen molar-refractivity contribution in [1.82, 2.24) is 0 Å². The molecular formula is C13H20. The number of fused-ring (bicyclic) bond motifs is 2. The molecule has 2 rings (SSSR count). The van der Waals surface area contributed by atoms with Crippen molar-refractivity contribution >= 4 is 0 Å². The first-order valence-corrected chi connectivity index (χ1v) is 5.58. The summed E-state index contributed by atoms with van der Waals surface area (Å²) >= 11 is 0. The smallest absolute Gasteiger partial charge is 0.0199 e. The van der Waals surface area contributed by atoms with Gasteiger partial charge in [0.1, 0.15) is 0 Å². The van der Waals surface area contributed by atoms with Gasteiger partial charge in [-0.25, -0.2) is 0 Å². The molecule has 0 saturated heterocycles. The van der Waals surface area contributed by atoms with Crippen LogP contribution in [0.25, 0.3) is 0 Å². The molecule has 0 amide bonds. The molecule has 2 bridgehead atoms. The Bertz CT molecular complexity index is 214. The second-order valence-corrected chi connectivity index (χ2v) is 4.91. The maximum absolute atomic E-state index is 3.81. The van der Waals surface area contributed by atoms with Crippen molar-refractivity contribution in [3.63, 3.8) is 0 Å². The van der Waals surface area contributed by atoms with E-state index in [1.54, 1.807) is 0 Å². The van der Waals surface area contributed by atoms with Crippen molar-refractivity contribution in [3.8, 4) is 0 Å². The zero-order valence-corrected chi connectivity index (χ0v) is 8.58. The summed E-state index contributed by atoms with van der Waals surface area (Å²) in [7, 11) is 0. The lowest BCUT2D eigenvalue weighted by Gasteiger charge is -2.21. The van der Waals surface area contributed by atoms with Crippen LogP contribution in [0.5, 0.6) is 0 Å². The molecule has 0 aromatic rings. The molecule has 0 spiro atoms. The van der Waals surface area contributed by atoms with Gasteiger partial charge in [0.05, 0.1) is 0 Å². The van der Waals surface area contributed by atoms with Gasteiger partial charge in [0, 0.05) is 0 Å². The summed E-state index contributed by atoms with van der Waals surface area (Å²) in [6.07, 6.45) is 12.5. The van der Waals surface area contributed by atoms with Crippen molar-refractivity contribution in [2.24, 2.45) is 23.7 Å². The van der Waals surface area contributed by atoms with E-state index in [2.05, 4.69) is 31.7 Å². The second kappa shape index (κ2) is 3.69. The van der Waals surface area contributed by atoms with E-state index >= 15 is 0 Å². The fraction of sp³-hybridized carbons (Fsp3) is 0.692. The number of rotatable bonds is 4. The highest BCUT2D eigenvalue weighted by Gasteiger charge is 2.35. The van der Waals surface area contributed by atoms with E-state index in [0.29, 0.717) is 0 Å². The lowest BCUT2D eigenvalue weighted by Crippen LogP contribution is -2.10. The average Bonchev–Trinajstić information content (AvgIpc) is 2.65. The summed E-state index contributed by atoms with van der Waals surface area (Å²) in [5.74, 6) is 3.70. The van der Waals surface area contributed by atoms with E-state index in [9.17, 15) is 0 Å². The first-order chi connectivity index (χ1) is 6.29. The highest BCUT2D eigenvalue weighted by Crippen LogP contribution is 2.46. The van der Waals surface area contributed by atoms with Gasteiger partial charge in [-0.3, -0.25) is 0 Å². The predicted octanol–water partition coefficient (Wildman–Crippen LogP) is 3.80. The topological polar surface area (TPSA) is 0 Å². The van der Waals surface area contributed by atoms with Gasteiger partial charge in [-0.05, 0) is 49.4 Å². The molecule has 4 unspecified atom stereocenters. The number of hydrogen-bond acceptors (Lipinski definition) is 0. The highest BCUT2D eigenvalue weighted by molar-refractivity contribution is 5.10. The standard InChI is InChI=1S/C13H20/c1-3-4-10(2)7-13-9-11-5-6-12(13)8-11/h3,5-6,10-13H,1,4,7-9H2,2H3. The van der Waals surface area contributed by atoms with Crippen LogP contribution < -0.4 is 0 Å². The lowest BCUT2D eigenvalue weighted by molar-refractivity contribution is 0.346. The minimum Gasteiger partial charge on any atom is -0.103 e. The monoisotopic (exact) mass is 176 g/mol. The Morgan fingerprint density at radius 3 is 2.85 bits per heavy atom. The maximum Gasteiger partial charge on any atom is -0.0199 e. The predicted molar refractivity (Wildman–Crippen MR) is 57.4 cm³/mol. The fourth-order valence-corrected chi connectivity index (χ4v) is 3.06. The first kappa shape index (κ1) is 9.05. The first-order valence-electron chi connectivity index (χ1n) is 5.58. The zero-order valence-electron chi connectivity index (χ0n) is 8.58. The molecule has 0 nitrogen and oxygen atoms in total. The van der Waals surface area contributed by atoms with Crippen LogP contribution in [0.3, 0.4) is 0 Å². The van der Waals surface area contributed by atoms with Gasteiger partial charge in [-0.1, -0.05) is 25.2 Å². The maximum atomic E-state index is 3.81. The minimum absolute atomic E-state index is 0.843. The van der Waals surface area contributed by atoms with Crippen LogP contribution in [0.2, 0.25) is 0 Å². The van der Waals surface area contributed by atoms with Gasteiger partial charge < -0.3 is 0 Å². The second-order valence-electron chi connectivity index (χ2n) is 4.91. The van der Waals surface area contributed by atoms with Gasteiger partial charge in [0.15, 0.2) is 0 Å². The number of hydrogen-bond donors (Lipinski definition) is 0. The van der Waals surface area contributed by atoms with Crippen LogP contribution >= 0.6 is 0 Å². The van der Waals surface area contributed by atoms with E-state index < -0.39 is 0 Å². The molecule has 0 heteroatoms. The van der Waals surface area contributed by atoms with Crippen LogP contribution in [0.1, 0.15) is 32.6 Å². The van der Waals surface area contributed by atoms with Gasteiger partial charge in [-0.15, -0.1) is 6.58 Å². The summed E-state index contributed by atoms with van der Waals surface area (Å²) in [6, 6.07) is 0. The quantitative estimate of drug-likeness (QED) is 0.571. The molecule has 13 heavy (non-hydrogen) atoms. The SMILES string of the molecule is C=CCC(C)CC1CC2C=CC1C2. The van der Waals surface area contributed by atoms with Gasteiger partial charge in [-0.2, -0.15) is 0 Å². The van der Waals surface area contributed by atoms with E-state index in [0.717, 1.165) is 23.7 Å². The molecule has 4 atom stereocenters. The molecule has 0 N–H and O–H groups in total. The van der Waals surface area contributed by atoms with Crippen molar-refractivity contribution in [3.05, 3.63) is 24.8 Å². The molecule has 0 heterocycles. The molecule has 0 aromatic heterocycles. The Hall–Kier alpha value is -0.520. The molecule has 2 aliphatic rings. The van der Waals surface area contributed by atoms with E-state index in [-0.39, 0.29) is 0 Å². The third-order valence-electron chi connectivity index (χ3n) is 3.69. The molecule has 0 aromatic carbocycles. The Labute approximate surface area is 81.7 Å². The van der Waals surface area contributed by atoms with Crippen molar-refractivity contribution in [2.45, 2.75) is 32.6 Å². The van der Waals surface area contributed by atoms with Crippen LogP contribution in [0, 0.1) is 23.7 Å². The molecule has 72 valence electrons. The van der Waals surface area contributed by atoms with E-state index in [4.69, 9.17) is 0 Å². The summed E-state index contributed by atoms with van der Waals surface area (Å²) in [5, 5.41) is 0.